The van der Waals surface area contributed by atoms with Gasteiger partial charge in [0.15, 0.2) is 0 Å². The summed E-state index contributed by atoms with van der Waals surface area (Å²) < 4.78 is 5.37. The molecule has 1 saturated heterocycles. The first-order chi connectivity index (χ1) is 11.0. The number of benzene rings is 1. The number of nitrogens with one attached hydrogen (secondary N) is 1. The van der Waals surface area contributed by atoms with Gasteiger partial charge in [0.1, 0.15) is 11.5 Å². The number of aryl methyl sites for hydroxylation is 2. The molecular formula is C18H20N2O3. The van der Waals surface area contributed by atoms with Crippen LogP contribution >= 0.6 is 0 Å². The quantitative estimate of drug-likeness (QED) is 0.944. The summed E-state index contributed by atoms with van der Waals surface area (Å²) in [4.78, 5) is 25.7. The predicted octanol–water partition coefficient (Wildman–Crippen LogP) is 2.95. The third kappa shape index (κ3) is 3.28. The van der Waals surface area contributed by atoms with Crippen LogP contribution in [0.5, 0.6) is 0 Å². The minimum atomic E-state index is -0.141. The predicted molar refractivity (Wildman–Crippen MR) is 87.4 cm³/mol. The average molecular weight is 312 g/mol. The van der Waals surface area contributed by atoms with Crippen molar-refractivity contribution in [3.05, 3.63) is 53.0 Å². The van der Waals surface area contributed by atoms with Gasteiger partial charge in [-0.2, -0.15) is 0 Å². The van der Waals surface area contributed by atoms with Crippen LogP contribution in [0.3, 0.4) is 0 Å². The lowest BCUT2D eigenvalue weighted by Crippen LogP contribution is -2.24. The molecule has 1 fully saturated rings. The van der Waals surface area contributed by atoms with E-state index in [2.05, 4.69) is 5.32 Å². The van der Waals surface area contributed by atoms with Crippen LogP contribution in [0.25, 0.3) is 0 Å². The van der Waals surface area contributed by atoms with Crippen molar-refractivity contribution in [3.63, 3.8) is 0 Å². The smallest absolute Gasteiger partial charge is 0.255 e. The van der Waals surface area contributed by atoms with Crippen LogP contribution in [0.1, 0.15) is 40.3 Å². The van der Waals surface area contributed by atoms with Crippen LogP contribution in [-0.2, 0) is 11.3 Å². The van der Waals surface area contributed by atoms with Gasteiger partial charge in [-0.3, -0.25) is 9.59 Å². The van der Waals surface area contributed by atoms with Crippen LogP contribution in [0, 0.1) is 13.8 Å². The maximum absolute atomic E-state index is 12.1. The topological polar surface area (TPSA) is 62.6 Å². The fourth-order valence-electron chi connectivity index (χ4n) is 2.85. The lowest BCUT2D eigenvalue weighted by Gasteiger charge is -2.16. The van der Waals surface area contributed by atoms with E-state index < -0.39 is 0 Å². The highest BCUT2D eigenvalue weighted by molar-refractivity contribution is 5.96. The van der Waals surface area contributed by atoms with Crippen LogP contribution in [0.4, 0.5) is 5.69 Å². The van der Waals surface area contributed by atoms with Crippen LogP contribution in [0.2, 0.25) is 0 Å². The molecule has 3 rings (SSSR count). The van der Waals surface area contributed by atoms with E-state index in [1.807, 2.05) is 31.2 Å². The number of carbonyl (C=O) groups is 2. The zero-order valence-corrected chi connectivity index (χ0v) is 13.4. The van der Waals surface area contributed by atoms with E-state index in [0.29, 0.717) is 24.3 Å². The second kappa shape index (κ2) is 6.28. The van der Waals surface area contributed by atoms with Crippen LogP contribution in [-0.4, -0.2) is 18.4 Å². The molecule has 1 aromatic carbocycles. The summed E-state index contributed by atoms with van der Waals surface area (Å²) in [7, 11) is 0. The molecule has 2 aromatic rings. The molecule has 1 N–H and O–H groups in total. The summed E-state index contributed by atoms with van der Waals surface area (Å²) in [5.74, 6) is 1.39. The van der Waals surface area contributed by atoms with E-state index in [0.717, 1.165) is 30.0 Å². The normalized spacial score (nSPS) is 14.3. The SMILES string of the molecule is Cc1cc(C(=O)NCc2ccc(N3CCCC3=O)cc2)c(C)o1. The zero-order chi connectivity index (χ0) is 16.4. The van der Waals surface area contributed by atoms with E-state index in [-0.39, 0.29) is 11.8 Å². The molecule has 120 valence electrons. The van der Waals surface area contributed by atoms with Crippen molar-refractivity contribution in [2.24, 2.45) is 0 Å². The van der Waals surface area contributed by atoms with Gasteiger partial charge in [-0.15, -0.1) is 0 Å². The number of rotatable bonds is 4. The molecule has 0 atom stereocenters. The number of furan rings is 1. The Morgan fingerprint density at radius 3 is 2.57 bits per heavy atom. The number of nitrogens with zero attached hydrogens (tertiary/aromatic N) is 1. The first kappa shape index (κ1) is 15.3. The maximum atomic E-state index is 12.1. The molecular weight excluding hydrogens is 292 g/mol. The molecule has 1 aliphatic rings. The first-order valence-corrected chi connectivity index (χ1v) is 7.79. The summed E-state index contributed by atoms with van der Waals surface area (Å²) >= 11 is 0. The second-order valence-corrected chi connectivity index (χ2v) is 5.82. The van der Waals surface area contributed by atoms with Crippen LogP contribution < -0.4 is 10.2 Å². The van der Waals surface area contributed by atoms with Crippen molar-refractivity contribution in [1.29, 1.82) is 0 Å². The number of hydrogen-bond donors (Lipinski definition) is 1. The highest BCUT2D eigenvalue weighted by atomic mass is 16.3. The van der Waals surface area contributed by atoms with Gasteiger partial charge >= 0.3 is 0 Å². The number of carbonyl (C=O) groups excluding carboxylic acids is 2. The van der Waals surface area contributed by atoms with E-state index in [9.17, 15) is 9.59 Å². The van der Waals surface area contributed by atoms with Gasteiger partial charge < -0.3 is 14.6 Å². The number of anilines is 1. The largest absolute Gasteiger partial charge is 0.466 e. The lowest BCUT2D eigenvalue weighted by molar-refractivity contribution is -0.117. The Labute approximate surface area is 135 Å². The lowest BCUT2D eigenvalue weighted by atomic mass is 10.2. The molecule has 0 radical (unpaired) electrons. The Bertz CT molecular complexity index is 731. The second-order valence-electron chi connectivity index (χ2n) is 5.82. The van der Waals surface area contributed by atoms with Gasteiger partial charge in [0.05, 0.1) is 5.56 Å². The Kier molecular flexibility index (Phi) is 4.19. The van der Waals surface area contributed by atoms with Crippen molar-refractivity contribution < 1.29 is 14.0 Å². The van der Waals surface area contributed by atoms with Crippen molar-refractivity contribution in [1.82, 2.24) is 5.32 Å². The molecule has 1 aliphatic heterocycles. The summed E-state index contributed by atoms with van der Waals surface area (Å²) in [6.45, 7) is 4.83. The molecule has 2 heterocycles. The summed E-state index contributed by atoms with van der Waals surface area (Å²) in [6, 6.07) is 9.48. The van der Waals surface area contributed by atoms with Crippen molar-refractivity contribution in [2.75, 3.05) is 11.4 Å². The van der Waals surface area contributed by atoms with Gasteiger partial charge in [-0.25, -0.2) is 0 Å². The Morgan fingerprint density at radius 1 is 1.26 bits per heavy atom. The summed E-state index contributed by atoms with van der Waals surface area (Å²) in [5, 5.41) is 2.89. The molecule has 0 aliphatic carbocycles. The summed E-state index contributed by atoms with van der Waals surface area (Å²) in [6.07, 6.45) is 1.54. The van der Waals surface area contributed by atoms with E-state index in [1.54, 1.807) is 17.9 Å². The first-order valence-electron chi connectivity index (χ1n) is 7.79. The average Bonchev–Trinajstić information content (AvgIpc) is 3.10. The molecule has 5 heteroatoms. The van der Waals surface area contributed by atoms with E-state index in [1.165, 1.54) is 0 Å². The Morgan fingerprint density at radius 2 is 2.00 bits per heavy atom. The highest BCUT2D eigenvalue weighted by Gasteiger charge is 2.21. The molecule has 0 spiro atoms. The molecule has 5 nitrogen and oxygen atoms in total. The molecule has 23 heavy (non-hydrogen) atoms. The highest BCUT2D eigenvalue weighted by Crippen LogP contribution is 2.21. The maximum Gasteiger partial charge on any atom is 0.255 e. The molecule has 0 unspecified atom stereocenters. The third-order valence-electron chi connectivity index (χ3n) is 4.06. The minimum Gasteiger partial charge on any atom is -0.466 e. The van der Waals surface area contributed by atoms with Gasteiger partial charge in [0, 0.05) is 25.2 Å². The zero-order valence-electron chi connectivity index (χ0n) is 13.4. The van der Waals surface area contributed by atoms with Gasteiger partial charge in [0.2, 0.25) is 5.91 Å². The van der Waals surface area contributed by atoms with Gasteiger partial charge in [-0.1, -0.05) is 12.1 Å². The standard InChI is InChI=1S/C18H20N2O3/c1-12-10-16(13(2)23-12)18(22)19-11-14-5-7-15(8-6-14)20-9-3-4-17(20)21/h5-8,10H,3-4,9,11H2,1-2H3,(H,19,22). The van der Waals surface area contributed by atoms with Gasteiger partial charge in [0.25, 0.3) is 5.91 Å². The number of amides is 2. The molecule has 0 bridgehead atoms. The fourth-order valence-corrected chi connectivity index (χ4v) is 2.85. The monoisotopic (exact) mass is 312 g/mol. The van der Waals surface area contributed by atoms with Crippen molar-refractivity contribution in [3.8, 4) is 0 Å². The van der Waals surface area contributed by atoms with E-state index >= 15 is 0 Å². The molecule has 2 amide bonds. The van der Waals surface area contributed by atoms with Crippen LogP contribution in [0.15, 0.2) is 34.7 Å². The van der Waals surface area contributed by atoms with Crippen molar-refractivity contribution >= 4 is 17.5 Å². The fraction of sp³-hybridized carbons (Fsp3) is 0.333. The molecule has 1 aromatic heterocycles. The van der Waals surface area contributed by atoms with Crippen molar-refractivity contribution in [2.45, 2.75) is 33.2 Å². The molecule has 0 saturated carbocycles. The summed E-state index contributed by atoms with van der Waals surface area (Å²) in [5.41, 5.74) is 2.48. The van der Waals surface area contributed by atoms with Gasteiger partial charge in [-0.05, 0) is 44.0 Å². The Hall–Kier alpha value is -2.56. The van der Waals surface area contributed by atoms with E-state index in [4.69, 9.17) is 4.42 Å². The Balaban J connectivity index is 1.61. The third-order valence-corrected chi connectivity index (χ3v) is 4.06. The number of hydrogen-bond acceptors (Lipinski definition) is 3. The minimum absolute atomic E-state index is 0.141.